The second kappa shape index (κ2) is 6.48. The van der Waals surface area contributed by atoms with Crippen LogP contribution in [-0.2, 0) is 0 Å². The standard InChI is InChI=1S/C15H14N4O2/c1-11(12-5-3-2-4-6-12)10-17-15-8-7-14(19(20)21)13(9-16)18-15/h2-8,11H,10H2,1H3,(H,17,18). The fourth-order valence-electron chi connectivity index (χ4n) is 1.94. The van der Waals surface area contributed by atoms with Gasteiger partial charge in [0.25, 0.3) is 0 Å². The zero-order valence-electron chi connectivity index (χ0n) is 11.5. The maximum absolute atomic E-state index is 10.7. The molecule has 0 spiro atoms. The number of hydrogen-bond donors (Lipinski definition) is 1. The summed E-state index contributed by atoms with van der Waals surface area (Å²) in [4.78, 5) is 14.1. The quantitative estimate of drug-likeness (QED) is 0.672. The Bertz CT molecular complexity index is 680. The van der Waals surface area contributed by atoms with E-state index in [1.165, 1.54) is 17.7 Å². The van der Waals surface area contributed by atoms with E-state index in [-0.39, 0.29) is 17.3 Å². The van der Waals surface area contributed by atoms with Crippen molar-refractivity contribution in [3.8, 4) is 6.07 Å². The van der Waals surface area contributed by atoms with Gasteiger partial charge < -0.3 is 5.32 Å². The number of nitrogens with zero attached hydrogens (tertiary/aromatic N) is 3. The van der Waals surface area contributed by atoms with Crippen LogP contribution in [0.5, 0.6) is 0 Å². The number of rotatable bonds is 5. The minimum absolute atomic E-state index is 0.183. The lowest BCUT2D eigenvalue weighted by Crippen LogP contribution is -2.11. The fraction of sp³-hybridized carbons (Fsp3) is 0.200. The van der Waals surface area contributed by atoms with Crippen LogP contribution >= 0.6 is 0 Å². The molecule has 21 heavy (non-hydrogen) atoms. The van der Waals surface area contributed by atoms with Crippen molar-refractivity contribution in [2.75, 3.05) is 11.9 Å². The number of benzene rings is 1. The summed E-state index contributed by atoms with van der Waals surface area (Å²) in [7, 11) is 0. The van der Waals surface area contributed by atoms with Gasteiger partial charge in [0.1, 0.15) is 11.9 Å². The Morgan fingerprint density at radius 1 is 1.33 bits per heavy atom. The van der Waals surface area contributed by atoms with E-state index in [1.54, 1.807) is 6.07 Å². The molecular weight excluding hydrogens is 268 g/mol. The molecule has 0 bridgehead atoms. The second-order valence-electron chi connectivity index (χ2n) is 4.63. The van der Waals surface area contributed by atoms with Crippen molar-refractivity contribution in [2.24, 2.45) is 0 Å². The molecule has 1 unspecified atom stereocenters. The van der Waals surface area contributed by atoms with Crippen LogP contribution < -0.4 is 5.32 Å². The van der Waals surface area contributed by atoms with Crippen molar-refractivity contribution in [1.82, 2.24) is 4.98 Å². The molecule has 0 saturated heterocycles. The number of aromatic nitrogens is 1. The molecule has 0 fully saturated rings. The highest BCUT2D eigenvalue weighted by molar-refractivity contribution is 5.50. The predicted octanol–water partition coefficient (Wildman–Crippen LogP) is 3.08. The number of hydrogen-bond acceptors (Lipinski definition) is 5. The maximum atomic E-state index is 10.7. The summed E-state index contributed by atoms with van der Waals surface area (Å²) in [5.41, 5.74) is 0.726. The van der Waals surface area contributed by atoms with Gasteiger partial charge in [0.05, 0.1) is 4.92 Å². The minimum atomic E-state index is -0.609. The molecule has 2 aromatic rings. The Labute approximate surface area is 122 Å². The summed E-state index contributed by atoms with van der Waals surface area (Å²) in [6, 6.07) is 14.5. The summed E-state index contributed by atoms with van der Waals surface area (Å²) >= 11 is 0. The van der Waals surface area contributed by atoms with Crippen LogP contribution in [0, 0.1) is 21.4 Å². The number of anilines is 1. The van der Waals surface area contributed by atoms with Gasteiger partial charge in [-0.15, -0.1) is 0 Å². The van der Waals surface area contributed by atoms with Crippen molar-refractivity contribution in [2.45, 2.75) is 12.8 Å². The molecule has 0 saturated carbocycles. The summed E-state index contributed by atoms with van der Waals surface area (Å²) in [5.74, 6) is 0.716. The molecule has 0 aliphatic rings. The van der Waals surface area contributed by atoms with Crippen LogP contribution in [-0.4, -0.2) is 16.5 Å². The van der Waals surface area contributed by atoms with Crippen molar-refractivity contribution in [3.63, 3.8) is 0 Å². The highest BCUT2D eigenvalue weighted by atomic mass is 16.6. The van der Waals surface area contributed by atoms with Crippen molar-refractivity contribution >= 4 is 11.5 Å². The first kappa shape index (κ1) is 14.5. The molecule has 1 heterocycles. The molecule has 0 radical (unpaired) electrons. The molecule has 0 aliphatic heterocycles. The monoisotopic (exact) mass is 282 g/mol. The van der Waals surface area contributed by atoms with Gasteiger partial charge in [0.15, 0.2) is 0 Å². The summed E-state index contributed by atoms with van der Waals surface area (Å²) in [6.45, 7) is 2.69. The third-order valence-corrected chi connectivity index (χ3v) is 3.13. The average Bonchev–Trinajstić information content (AvgIpc) is 2.52. The largest absolute Gasteiger partial charge is 0.369 e. The van der Waals surface area contributed by atoms with E-state index in [0.717, 1.165) is 0 Å². The minimum Gasteiger partial charge on any atom is -0.369 e. The normalized spacial score (nSPS) is 11.4. The first-order chi connectivity index (χ1) is 10.1. The third-order valence-electron chi connectivity index (χ3n) is 3.13. The molecule has 1 atom stereocenters. The Morgan fingerprint density at radius 3 is 2.67 bits per heavy atom. The Kier molecular flexibility index (Phi) is 4.46. The van der Waals surface area contributed by atoms with Crippen molar-refractivity contribution < 1.29 is 4.92 Å². The molecule has 1 aromatic heterocycles. The van der Waals surface area contributed by atoms with Gasteiger partial charge in [-0.25, -0.2) is 4.98 Å². The van der Waals surface area contributed by atoms with Crippen LogP contribution in [0.15, 0.2) is 42.5 Å². The van der Waals surface area contributed by atoms with Gasteiger partial charge >= 0.3 is 5.69 Å². The fourth-order valence-corrected chi connectivity index (χ4v) is 1.94. The van der Waals surface area contributed by atoms with Gasteiger partial charge in [-0.2, -0.15) is 5.26 Å². The molecule has 6 nitrogen and oxygen atoms in total. The lowest BCUT2D eigenvalue weighted by Gasteiger charge is -2.13. The maximum Gasteiger partial charge on any atom is 0.305 e. The van der Waals surface area contributed by atoms with Gasteiger partial charge in [-0.1, -0.05) is 37.3 Å². The predicted molar refractivity (Wildman–Crippen MR) is 79.0 cm³/mol. The Balaban J connectivity index is 2.07. The van der Waals surface area contributed by atoms with Gasteiger partial charge in [0.2, 0.25) is 5.69 Å². The molecule has 1 N–H and O–H groups in total. The van der Waals surface area contributed by atoms with E-state index in [9.17, 15) is 10.1 Å². The molecule has 0 aliphatic carbocycles. The highest BCUT2D eigenvalue weighted by Gasteiger charge is 2.15. The van der Waals surface area contributed by atoms with Gasteiger partial charge in [-0.3, -0.25) is 10.1 Å². The van der Waals surface area contributed by atoms with Gasteiger partial charge in [-0.05, 0) is 17.5 Å². The van der Waals surface area contributed by atoms with Crippen LogP contribution in [0.1, 0.15) is 24.1 Å². The Hall–Kier alpha value is -2.94. The second-order valence-corrected chi connectivity index (χ2v) is 4.63. The summed E-state index contributed by atoms with van der Waals surface area (Å²) in [6.07, 6.45) is 0. The molecular formula is C15H14N4O2. The van der Waals surface area contributed by atoms with E-state index in [4.69, 9.17) is 5.26 Å². The number of nitro groups is 1. The van der Waals surface area contributed by atoms with E-state index >= 15 is 0 Å². The average molecular weight is 282 g/mol. The number of pyridine rings is 1. The smallest absolute Gasteiger partial charge is 0.305 e. The lowest BCUT2D eigenvalue weighted by atomic mass is 10.0. The van der Waals surface area contributed by atoms with Crippen molar-refractivity contribution in [3.05, 3.63) is 63.8 Å². The summed E-state index contributed by atoms with van der Waals surface area (Å²) in [5, 5.41) is 22.7. The lowest BCUT2D eigenvalue weighted by molar-refractivity contribution is -0.385. The van der Waals surface area contributed by atoms with E-state index in [0.29, 0.717) is 12.4 Å². The number of nitriles is 1. The molecule has 0 amide bonds. The van der Waals surface area contributed by atoms with Crippen molar-refractivity contribution in [1.29, 1.82) is 5.26 Å². The zero-order valence-corrected chi connectivity index (χ0v) is 11.5. The topological polar surface area (TPSA) is 91.9 Å². The first-order valence-corrected chi connectivity index (χ1v) is 6.46. The molecule has 1 aromatic carbocycles. The molecule has 106 valence electrons. The van der Waals surface area contributed by atoms with Crippen LogP contribution in [0.3, 0.4) is 0 Å². The van der Waals surface area contributed by atoms with Gasteiger partial charge in [0, 0.05) is 12.6 Å². The Morgan fingerprint density at radius 2 is 2.05 bits per heavy atom. The van der Waals surface area contributed by atoms with E-state index in [1.807, 2.05) is 30.3 Å². The first-order valence-electron chi connectivity index (χ1n) is 6.46. The van der Waals surface area contributed by atoms with Crippen LogP contribution in [0.25, 0.3) is 0 Å². The highest BCUT2D eigenvalue weighted by Crippen LogP contribution is 2.19. The van der Waals surface area contributed by atoms with E-state index < -0.39 is 4.92 Å². The summed E-state index contributed by atoms with van der Waals surface area (Å²) < 4.78 is 0. The van der Waals surface area contributed by atoms with Crippen LogP contribution in [0.4, 0.5) is 11.5 Å². The SMILES string of the molecule is CC(CNc1ccc([N+](=O)[O-])c(C#N)n1)c1ccccc1. The molecule has 2 rings (SSSR count). The molecule has 6 heteroatoms. The van der Waals surface area contributed by atoms with Crippen LogP contribution in [0.2, 0.25) is 0 Å². The third kappa shape index (κ3) is 3.54. The van der Waals surface area contributed by atoms with E-state index in [2.05, 4.69) is 17.2 Å². The number of nitrogens with one attached hydrogen (secondary N) is 1. The zero-order chi connectivity index (χ0) is 15.2.